The van der Waals surface area contributed by atoms with Crippen molar-refractivity contribution in [2.75, 3.05) is 11.9 Å². The fourth-order valence-corrected chi connectivity index (χ4v) is 3.84. The molecule has 0 saturated heterocycles. The summed E-state index contributed by atoms with van der Waals surface area (Å²) in [7, 11) is 0. The Bertz CT molecular complexity index is 1200. The van der Waals surface area contributed by atoms with Crippen LogP contribution in [0.1, 0.15) is 42.5 Å². The lowest BCUT2D eigenvalue weighted by molar-refractivity contribution is -0.118. The molecule has 2 atom stereocenters. The zero-order valence-corrected chi connectivity index (χ0v) is 19.9. The van der Waals surface area contributed by atoms with Gasteiger partial charge in [-0.05, 0) is 43.0 Å². The van der Waals surface area contributed by atoms with E-state index in [1.165, 1.54) is 11.1 Å². The van der Waals surface area contributed by atoms with Crippen LogP contribution in [-0.2, 0) is 11.3 Å². The molecule has 0 aliphatic rings. The van der Waals surface area contributed by atoms with Gasteiger partial charge in [0, 0.05) is 36.6 Å². The summed E-state index contributed by atoms with van der Waals surface area (Å²) in [4.78, 5) is 17.7. The summed E-state index contributed by atoms with van der Waals surface area (Å²) in [5.74, 6) is 0.647. The van der Waals surface area contributed by atoms with Crippen LogP contribution < -0.4 is 10.6 Å². The molecule has 0 aliphatic carbocycles. The number of aryl methyl sites for hydroxylation is 2. The van der Waals surface area contributed by atoms with Crippen molar-refractivity contribution in [3.63, 3.8) is 0 Å². The highest BCUT2D eigenvalue weighted by Crippen LogP contribution is 2.21. The maximum atomic E-state index is 13.3. The lowest BCUT2D eigenvalue weighted by Crippen LogP contribution is -2.35. The molecule has 2 aromatic carbocycles. The Labute approximate surface area is 201 Å². The number of benzene rings is 2. The molecule has 2 aromatic heterocycles. The van der Waals surface area contributed by atoms with E-state index >= 15 is 0 Å². The Morgan fingerprint density at radius 2 is 1.71 bits per heavy atom. The van der Waals surface area contributed by atoms with Crippen molar-refractivity contribution in [3.05, 3.63) is 102 Å². The number of nitrogens with zero attached hydrogens (tertiary/aromatic N) is 3. The molecule has 0 unspecified atom stereocenters. The Balaban J connectivity index is 1.45. The molecule has 4 rings (SSSR count). The van der Waals surface area contributed by atoms with Gasteiger partial charge in [-0.2, -0.15) is 5.10 Å². The second kappa shape index (κ2) is 10.9. The number of amides is 1. The first-order chi connectivity index (χ1) is 16.5. The molecule has 0 spiro atoms. The van der Waals surface area contributed by atoms with Crippen LogP contribution in [0.25, 0.3) is 11.1 Å². The summed E-state index contributed by atoms with van der Waals surface area (Å²) in [5, 5.41) is 10.7. The number of pyridine rings is 1. The monoisotopic (exact) mass is 453 g/mol. The average molecular weight is 454 g/mol. The average Bonchev–Trinajstić information content (AvgIpc) is 3.35. The smallest absolute Gasteiger partial charge is 0.247 e. The fourth-order valence-electron chi connectivity index (χ4n) is 3.84. The van der Waals surface area contributed by atoms with E-state index in [0.717, 1.165) is 23.2 Å². The molecule has 4 aromatic rings. The molecule has 2 N–H and O–H groups in total. The number of hydrogen-bond acceptors (Lipinski definition) is 4. The Kier molecular flexibility index (Phi) is 7.50. The van der Waals surface area contributed by atoms with Crippen molar-refractivity contribution < 1.29 is 4.79 Å². The van der Waals surface area contributed by atoms with Gasteiger partial charge in [0.1, 0.15) is 11.9 Å². The molecule has 0 bridgehead atoms. The van der Waals surface area contributed by atoms with Gasteiger partial charge in [-0.1, -0.05) is 67.1 Å². The molecule has 2 heterocycles. The van der Waals surface area contributed by atoms with Gasteiger partial charge in [0.2, 0.25) is 5.91 Å². The van der Waals surface area contributed by atoms with Crippen molar-refractivity contribution in [2.24, 2.45) is 0 Å². The molecule has 34 heavy (non-hydrogen) atoms. The third kappa shape index (κ3) is 5.77. The normalized spacial score (nSPS) is 12.8. The van der Waals surface area contributed by atoms with Crippen LogP contribution in [0.4, 0.5) is 5.82 Å². The zero-order chi connectivity index (χ0) is 23.9. The van der Waals surface area contributed by atoms with E-state index in [-0.39, 0.29) is 11.8 Å². The number of hydrogen-bond donors (Lipinski definition) is 2. The lowest BCUT2D eigenvalue weighted by atomic mass is 9.98. The Morgan fingerprint density at radius 1 is 0.941 bits per heavy atom. The third-order valence-corrected chi connectivity index (χ3v) is 5.97. The Hall–Kier alpha value is -3.77. The second-order valence-electron chi connectivity index (χ2n) is 8.57. The third-order valence-electron chi connectivity index (χ3n) is 5.97. The van der Waals surface area contributed by atoms with E-state index < -0.39 is 6.04 Å². The standard InChI is InChI=1S/C28H31N5O/c1-4-33-19-25(18-31-33)24-14-15-26(29-17-24)32-28(34)27(23-8-6-5-7-9-23)30-16-21(3)22-12-10-20(2)11-13-22/h5-15,17-19,21,27,30H,4,16H2,1-3H3,(H,29,32,34)/t21-,27-/m1/s1. The number of nitrogens with one attached hydrogen (secondary N) is 2. The molecular weight excluding hydrogens is 422 g/mol. The number of aromatic nitrogens is 3. The van der Waals surface area contributed by atoms with Crippen molar-refractivity contribution in [1.82, 2.24) is 20.1 Å². The van der Waals surface area contributed by atoms with Gasteiger partial charge < -0.3 is 10.6 Å². The quantitative estimate of drug-likeness (QED) is 0.359. The van der Waals surface area contributed by atoms with Crippen molar-refractivity contribution in [1.29, 1.82) is 0 Å². The van der Waals surface area contributed by atoms with Crippen LogP contribution in [0.5, 0.6) is 0 Å². The summed E-state index contributed by atoms with van der Waals surface area (Å²) in [6.45, 7) is 7.79. The van der Waals surface area contributed by atoms with E-state index in [4.69, 9.17) is 0 Å². The molecule has 0 aliphatic heterocycles. The van der Waals surface area contributed by atoms with E-state index in [0.29, 0.717) is 12.4 Å². The van der Waals surface area contributed by atoms with Crippen LogP contribution >= 0.6 is 0 Å². The molecule has 0 fully saturated rings. The maximum Gasteiger partial charge on any atom is 0.247 e. The SMILES string of the molecule is CCn1cc(-c2ccc(NC(=O)[C@H](NC[C@@H](C)c3ccc(C)cc3)c3ccccc3)nc2)cn1. The maximum absolute atomic E-state index is 13.3. The van der Waals surface area contributed by atoms with Crippen molar-refractivity contribution in [3.8, 4) is 11.1 Å². The van der Waals surface area contributed by atoms with Gasteiger partial charge in [0.25, 0.3) is 0 Å². The van der Waals surface area contributed by atoms with Crippen LogP contribution in [0.2, 0.25) is 0 Å². The molecule has 0 saturated carbocycles. The topological polar surface area (TPSA) is 71.8 Å². The zero-order valence-electron chi connectivity index (χ0n) is 19.9. The van der Waals surface area contributed by atoms with Crippen LogP contribution in [0, 0.1) is 6.92 Å². The first kappa shape index (κ1) is 23.4. The minimum atomic E-state index is -0.488. The highest BCUT2D eigenvalue weighted by molar-refractivity contribution is 5.95. The second-order valence-corrected chi connectivity index (χ2v) is 8.57. The molecular formula is C28H31N5O. The van der Waals surface area contributed by atoms with Gasteiger partial charge in [-0.25, -0.2) is 4.98 Å². The van der Waals surface area contributed by atoms with Crippen LogP contribution in [0.15, 0.2) is 85.3 Å². The molecule has 6 heteroatoms. The van der Waals surface area contributed by atoms with Gasteiger partial charge >= 0.3 is 0 Å². The summed E-state index contributed by atoms with van der Waals surface area (Å²) in [6, 6.07) is 21.6. The summed E-state index contributed by atoms with van der Waals surface area (Å²) < 4.78 is 1.87. The highest BCUT2D eigenvalue weighted by atomic mass is 16.2. The van der Waals surface area contributed by atoms with Gasteiger partial charge in [-0.3, -0.25) is 9.48 Å². The van der Waals surface area contributed by atoms with Crippen molar-refractivity contribution >= 4 is 11.7 Å². The summed E-state index contributed by atoms with van der Waals surface area (Å²) >= 11 is 0. The van der Waals surface area contributed by atoms with Gasteiger partial charge in [0.15, 0.2) is 0 Å². The van der Waals surface area contributed by atoms with E-state index in [1.54, 1.807) is 6.20 Å². The van der Waals surface area contributed by atoms with Gasteiger partial charge in [-0.15, -0.1) is 0 Å². The number of carbonyl (C=O) groups excluding carboxylic acids is 1. The predicted octanol–water partition coefficient (Wildman–Crippen LogP) is 5.35. The molecule has 6 nitrogen and oxygen atoms in total. The first-order valence-electron chi connectivity index (χ1n) is 11.7. The van der Waals surface area contributed by atoms with E-state index in [1.807, 2.05) is 66.5 Å². The summed E-state index contributed by atoms with van der Waals surface area (Å²) in [5.41, 5.74) is 5.36. The number of rotatable bonds is 9. The lowest BCUT2D eigenvalue weighted by Gasteiger charge is -2.21. The minimum Gasteiger partial charge on any atom is -0.309 e. The first-order valence-corrected chi connectivity index (χ1v) is 11.7. The van der Waals surface area contributed by atoms with E-state index in [2.05, 4.69) is 58.8 Å². The van der Waals surface area contributed by atoms with E-state index in [9.17, 15) is 4.79 Å². The van der Waals surface area contributed by atoms with Gasteiger partial charge in [0.05, 0.1) is 6.20 Å². The van der Waals surface area contributed by atoms with Crippen LogP contribution in [0.3, 0.4) is 0 Å². The molecule has 0 radical (unpaired) electrons. The highest BCUT2D eigenvalue weighted by Gasteiger charge is 2.21. The number of anilines is 1. The number of carbonyl (C=O) groups is 1. The Morgan fingerprint density at radius 3 is 2.35 bits per heavy atom. The predicted molar refractivity (Wildman–Crippen MR) is 137 cm³/mol. The van der Waals surface area contributed by atoms with Crippen molar-refractivity contribution in [2.45, 2.75) is 39.3 Å². The molecule has 174 valence electrons. The fraction of sp³-hybridized carbons (Fsp3) is 0.250. The minimum absolute atomic E-state index is 0.138. The summed E-state index contributed by atoms with van der Waals surface area (Å²) in [6.07, 6.45) is 5.57. The molecule has 1 amide bonds. The van der Waals surface area contributed by atoms with Crippen LogP contribution in [-0.4, -0.2) is 27.2 Å². The largest absolute Gasteiger partial charge is 0.309 e.